The summed E-state index contributed by atoms with van der Waals surface area (Å²) in [5.74, 6) is -1.40. The van der Waals surface area contributed by atoms with Crippen molar-refractivity contribution in [3.05, 3.63) is 17.2 Å². The predicted molar refractivity (Wildman–Crippen MR) is 83.5 cm³/mol. The molecule has 3 N–H and O–H groups in total. The number of aldehydes is 1. The van der Waals surface area contributed by atoms with Crippen LogP contribution in [0, 0.1) is 6.92 Å². The average Bonchev–Trinajstić information content (AvgIpc) is 2.51. The summed E-state index contributed by atoms with van der Waals surface area (Å²) < 4.78 is 0. The molecular weight excluding hydrogens is 284 g/mol. The summed E-state index contributed by atoms with van der Waals surface area (Å²) >= 11 is 0. The Morgan fingerprint density at radius 3 is 2.23 bits per heavy atom. The first kappa shape index (κ1) is 18.0. The fourth-order valence-corrected chi connectivity index (χ4v) is 2.31. The molecule has 5 nitrogen and oxygen atoms in total. The van der Waals surface area contributed by atoms with Gasteiger partial charge in [0.05, 0.1) is 5.56 Å². The molecule has 0 aromatic heterocycles. The minimum Gasteiger partial charge on any atom is -0.508 e. The molecular formula is C17H24O5. The van der Waals surface area contributed by atoms with Crippen LogP contribution in [0.1, 0.15) is 67.3 Å². The highest BCUT2D eigenvalue weighted by Gasteiger charge is 2.18. The number of unbranched alkanes of at least 4 members (excludes halogenated alkanes) is 6. The van der Waals surface area contributed by atoms with Crippen LogP contribution in [0.4, 0.5) is 0 Å². The van der Waals surface area contributed by atoms with Crippen LogP contribution in [0.5, 0.6) is 17.2 Å². The summed E-state index contributed by atoms with van der Waals surface area (Å²) in [6.07, 6.45) is 7.38. The fraction of sp³-hybridized carbons (Fsp3) is 0.529. The number of rotatable bonds is 10. The van der Waals surface area contributed by atoms with E-state index in [2.05, 4.69) is 0 Å². The van der Waals surface area contributed by atoms with E-state index in [4.69, 9.17) is 0 Å². The lowest BCUT2D eigenvalue weighted by atomic mass is 10.00. The Hall–Kier alpha value is -2.04. The molecule has 0 aliphatic heterocycles. The van der Waals surface area contributed by atoms with Gasteiger partial charge in [-0.3, -0.25) is 4.79 Å². The number of ketones is 1. The average molecular weight is 308 g/mol. The van der Waals surface area contributed by atoms with E-state index in [0.29, 0.717) is 12.8 Å². The second-order valence-corrected chi connectivity index (χ2v) is 5.52. The SMILES string of the molecule is Cc1c(O)cc(C(=O)CCCCCCCCC=O)c(O)c1O. The standard InChI is InChI=1S/C17H24O5/c1-12-15(20)11-13(17(22)16(12)21)14(19)9-7-5-3-2-4-6-8-10-18/h10-11,20-22H,2-9H2,1H3. The summed E-state index contributed by atoms with van der Waals surface area (Å²) in [4.78, 5) is 22.2. The van der Waals surface area contributed by atoms with Crippen LogP contribution in [-0.4, -0.2) is 27.4 Å². The van der Waals surface area contributed by atoms with Gasteiger partial charge in [-0.05, 0) is 25.8 Å². The van der Waals surface area contributed by atoms with Crippen molar-refractivity contribution in [1.29, 1.82) is 0 Å². The molecule has 1 rings (SSSR count). The quantitative estimate of drug-likeness (QED) is 0.202. The molecule has 0 aliphatic carbocycles. The van der Waals surface area contributed by atoms with Crippen molar-refractivity contribution in [3.63, 3.8) is 0 Å². The lowest BCUT2D eigenvalue weighted by Gasteiger charge is -2.09. The van der Waals surface area contributed by atoms with Gasteiger partial charge in [0.2, 0.25) is 0 Å². The zero-order chi connectivity index (χ0) is 16.5. The molecule has 122 valence electrons. The highest BCUT2D eigenvalue weighted by molar-refractivity contribution is 6.00. The lowest BCUT2D eigenvalue weighted by Crippen LogP contribution is -2.00. The Kier molecular flexibility index (Phi) is 7.43. The van der Waals surface area contributed by atoms with E-state index in [0.717, 1.165) is 38.4 Å². The molecule has 0 aliphatic rings. The number of phenolic OH excluding ortho intramolecular Hbond substituents is 3. The maximum Gasteiger partial charge on any atom is 0.169 e. The number of Topliss-reactive ketones (excluding diaryl/α,β-unsaturated/α-hetero) is 1. The van der Waals surface area contributed by atoms with Crippen molar-refractivity contribution in [2.45, 2.75) is 58.3 Å². The minimum atomic E-state index is -0.464. The van der Waals surface area contributed by atoms with Gasteiger partial charge in [0.15, 0.2) is 17.3 Å². The largest absolute Gasteiger partial charge is 0.508 e. The summed E-state index contributed by atoms with van der Waals surface area (Å²) in [7, 11) is 0. The van der Waals surface area contributed by atoms with Crippen molar-refractivity contribution in [3.8, 4) is 17.2 Å². The topological polar surface area (TPSA) is 94.8 Å². The Labute approximate surface area is 130 Å². The number of phenols is 3. The predicted octanol–water partition coefficient (Wildman–Crippen LogP) is 3.61. The van der Waals surface area contributed by atoms with Crippen LogP contribution >= 0.6 is 0 Å². The normalized spacial score (nSPS) is 10.6. The van der Waals surface area contributed by atoms with Gasteiger partial charge in [-0.25, -0.2) is 0 Å². The molecule has 5 heteroatoms. The van der Waals surface area contributed by atoms with E-state index in [-0.39, 0.29) is 29.1 Å². The number of carbonyl (C=O) groups excluding carboxylic acids is 2. The second-order valence-electron chi connectivity index (χ2n) is 5.52. The molecule has 0 heterocycles. The smallest absolute Gasteiger partial charge is 0.169 e. The van der Waals surface area contributed by atoms with E-state index in [1.807, 2.05) is 0 Å². The molecule has 0 spiro atoms. The van der Waals surface area contributed by atoms with Gasteiger partial charge in [-0.15, -0.1) is 0 Å². The highest BCUT2D eigenvalue weighted by Crippen LogP contribution is 2.38. The minimum absolute atomic E-state index is 0.0356. The lowest BCUT2D eigenvalue weighted by molar-refractivity contribution is -0.107. The number of benzene rings is 1. The summed E-state index contributed by atoms with van der Waals surface area (Å²) in [6, 6.07) is 1.20. The van der Waals surface area contributed by atoms with E-state index in [1.54, 1.807) is 0 Å². The molecule has 0 unspecified atom stereocenters. The van der Waals surface area contributed by atoms with Gasteiger partial charge in [0, 0.05) is 18.4 Å². The third kappa shape index (κ3) is 5.06. The molecule has 0 radical (unpaired) electrons. The second kappa shape index (κ2) is 9.07. The van der Waals surface area contributed by atoms with Crippen LogP contribution in [0.2, 0.25) is 0 Å². The van der Waals surface area contributed by atoms with E-state index in [9.17, 15) is 24.9 Å². The third-order valence-corrected chi connectivity index (χ3v) is 3.78. The Bertz CT molecular complexity index is 522. The first-order chi connectivity index (χ1) is 10.5. The molecule has 0 saturated carbocycles. The van der Waals surface area contributed by atoms with Crippen molar-refractivity contribution in [2.75, 3.05) is 0 Å². The highest BCUT2D eigenvalue weighted by atomic mass is 16.3. The zero-order valence-corrected chi connectivity index (χ0v) is 13.0. The Morgan fingerprint density at radius 1 is 1.00 bits per heavy atom. The first-order valence-electron chi connectivity index (χ1n) is 7.70. The van der Waals surface area contributed by atoms with Crippen molar-refractivity contribution in [2.24, 2.45) is 0 Å². The monoisotopic (exact) mass is 308 g/mol. The summed E-state index contributed by atoms with van der Waals surface area (Å²) in [6.45, 7) is 1.46. The van der Waals surface area contributed by atoms with Crippen LogP contribution in [0.3, 0.4) is 0 Å². The number of hydrogen-bond donors (Lipinski definition) is 3. The van der Waals surface area contributed by atoms with Gasteiger partial charge in [-0.2, -0.15) is 0 Å². The van der Waals surface area contributed by atoms with E-state index in [1.165, 1.54) is 13.0 Å². The van der Waals surface area contributed by atoms with Crippen molar-refractivity contribution < 1.29 is 24.9 Å². The molecule has 0 atom stereocenters. The van der Waals surface area contributed by atoms with Gasteiger partial charge >= 0.3 is 0 Å². The van der Waals surface area contributed by atoms with E-state index < -0.39 is 11.5 Å². The van der Waals surface area contributed by atoms with Crippen LogP contribution in [-0.2, 0) is 4.79 Å². The van der Waals surface area contributed by atoms with Gasteiger partial charge in [0.25, 0.3) is 0 Å². The Balaban J connectivity index is 2.39. The summed E-state index contributed by atoms with van der Waals surface area (Å²) in [5.41, 5.74) is 0.121. The molecule has 1 aromatic rings. The molecule has 0 fully saturated rings. The zero-order valence-electron chi connectivity index (χ0n) is 13.0. The first-order valence-corrected chi connectivity index (χ1v) is 7.70. The molecule has 1 aromatic carbocycles. The maximum absolute atomic E-state index is 12.0. The van der Waals surface area contributed by atoms with Gasteiger partial charge in [0.1, 0.15) is 12.0 Å². The van der Waals surface area contributed by atoms with Crippen molar-refractivity contribution in [1.82, 2.24) is 0 Å². The molecule has 22 heavy (non-hydrogen) atoms. The molecule has 0 bridgehead atoms. The van der Waals surface area contributed by atoms with E-state index >= 15 is 0 Å². The molecule has 0 amide bonds. The van der Waals surface area contributed by atoms with Crippen LogP contribution in [0.15, 0.2) is 6.07 Å². The van der Waals surface area contributed by atoms with Crippen LogP contribution in [0.25, 0.3) is 0 Å². The number of hydrogen-bond acceptors (Lipinski definition) is 5. The summed E-state index contributed by atoms with van der Waals surface area (Å²) in [5, 5.41) is 29.0. The van der Waals surface area contributed by atoms with Crippen LogP contribution < -0.4 is 0 Å². The van der Waals surface area contributed by atoms with Crippen molar-refractivity contribution >= 4 is 12.1 Å². The van der Waals surface area contributed by atoms with Gasteiger partial charge in [-0.1, -0.05) is 25.7 Å². The number of aromatic hydroxyl groups is 3. The maximum atomic E-state index is 12.0. The Morgan fingerprint density at radius 2 is 1.59 bits per heavy atom. The third-order valence-electron chi connectivity index (χ3n) is 3.78. The number of carbonyl (C=O) groups is 2. The fourth-order valence-electron chi connectivity index (χ4n) is 2.31. The molecule has 0 saturated heterocycles. The van der Waals surface area contributed by atoms with Gasteiger partial charge < -0.3 is 20.1 Å².